The van der Waals surface area contributed by atoms with Gasteiger partial charge < -0.3 is 14.8 Å². The largest absolute Gasteiger partial charge is 0.480 e. The van der Waals surface area contributed by atoms with Crippen LogP contribution in [0.2, 0.25) is 0 Å². The number of halogens is 1. The third kappa shape index (κ3) is 4.23. The summed E-state index contributed by atoms with van der Waals surface area (Å²) in [6, 6.07) is 3.10. The smallest absolute Gasteiger partial charge is 0.325 e. The molecule has 1 aromatic carbocycles. The number of benzene rings is 1. The predicted octanol–water partition coefficient (Wildman–Crippen LogP) is 2.18. The normalized spacial score (nSPS) is 16.9. The van der Waals surface area contributed by atoms with Crippen LogP contribution >= 0.6 is 0 Å². The zero-order valence-electron chi connectivity index (χ0n) is 15.8. The van der Waals surface area contributed by atoms with Gasteiger partial charge in [-0.05, 0) is 25.1 Å². The van der Waals surface area contributed by atoms with Crippen LogP contribution in [0.3, 0.4) is 0 Å². The van der Waals surface area contributed by atoms with Crippen LogP contribution in [-0.4, -0.2) is 69.2 Å². The zero-order valence-corrected chi connectivity index (χ0v) is 15.8. The molecule has 0 saturated carbocycles. The molecule has 0 bridgehead atoms. The van der Waals surface area contributed by atoms with E-state index in [4.69, 9.17) is 5.11 Å². The SMILES string of the molecule is C=C(C)CN1CCN([C@H](C(=O)O)c2cn(CC(=O)O)c3cc(F)ccc23)CC1. The molecule has 150 valence electrons. The molecular weight excluding hydrogens is 365 g/mol. The molecule has 0 aliphatic carbocycles. The van der Waals surface area contributed by atoms with Crippen molar-refractivity contribution in [3.63, 3.8) is 0 Å². The number of aromatic nitrogens is 1. The number of nitrogens with zero attached hydrogens (tertiary/aromatic N) is 3. The van der Waals surface area contributed by atoms with Gasteiger partial charge in [-0.15, -0.1) is 0 Å². The average Bonchev–Trinajstić information content (AvgIpc) is 2.92. The Morgan fingerprint density at radius 1 is 1.18 bits per heavy atom. The Morgan fingerprint density at radius 2 is 1.86 bits per heavy atom. The minimum absolute atomic E-state index is 0.362. The van der Waals surface area contributed by atoms with Gasteiger partial charge in [0.2, 0.25) is 0 Å². The molecule has 1 aliphatic rings. The van der Waals surface area contributed by atoms with Crippen molar-refractivity contribution < 1.29 is 24.2 Å². The highest BCUT2D eigenvalue weighted by Gasteiger charge is 2.33. The van der Waals surface area contributed by atoms with Crippen molar-refractivity contribution in [1.82, 2.24) is 14.4 Å². The van der Waals surface area contributed by atoms with E-state index in [1.54, 1.807) is 0 Å². The molecule has 0 spiro atoms. The fraction of sp³-hybridized carbons (Fsp3) is 0.400. The Balaban J connectivity index is 1.95. The molecule has 1 fully saturated rings. The van der Waals surface area contributed by atoms with E-state index < -0.39 is 23.8 Å². The molecule has 1 saturated heterocycles. The van der Waals surface area contributed by atoms with Gasteiger partial charge in [-0.1, -0.05) is 12.2 Å². The highest BCUT2D eigenvalue weighted by molar-refractivity contribution is 5.90. The summed E-state index contributed by atoms with van der Waals surface area (Å²) in [5.41, 5.74) is 1.92. The number of carboxylic acids is 2. The Morgan fingerprint density at radius 3 is 2.43 bits per heavy atom. The summed E-state index contributed by atoms with van der Waals surface area (Å²) in [5.74, 6) is -2.58. The average molecular weight is 389 g/mol. The van der Waals surface area contributed by atoms with Gasteiger partial charge in [0.15, 0.2) is 0 Å². The van der Waals surface area contributed by atoms with Crippen LogP contribution in [0.25, 0.3) is 10.9 Å². The lowest BCUT2D eigenvalue weighted by Crippen LogP contribution is -2.49. The first-order valence-electron chi connectivity index (χ1n) is 9.10. The van der Waals surface area contributed by atoms with Crippen molar-refractivity contribution in [1.29, 1.82) is 0 Å². The molecule has 1 aliphatic heterocycles. The van der Waals surface area contributed by atoms with E-state index in [9.17, 15) is 19.1 Å². The van der Waals surface area contributed by atoms with Crippen molar-refractivity contribution in [3.05, 3.63) is 47.9 Å². The molecule has 3 rings (SSSR count). The zero-order chi connectivity index (χ0) is 20.4. The van der Waals surface area contributed by atoms with Crippen LogP contribution < -0.4 is 0 Å². The van der Waals surface area contributed by atoms with Gasteiger partial charge in [-0.3, -0.25) is 19.4 Å². The predicted molar refractivity (Wildman–Crippen MR) is 103 cm³/mol. The van der Waals surface area contributed by atoms with Crippen LogP contribution in [0, 0.1) is 5.82 Å². The Hall–Kier alpha value is -2.71. The molecule has 2 heterocycles. The van der Waals surface area contributed by atoms with E-state index >= 15 is 0 Å². The van der Waals surface area contributed by atoms with Crippen molar-refractivity contribution in [2.24, 2.45) is 0 Å². The van der Waals surface area contributed by atoms with E-state index in [1.165, 1.54) is 29.0 Å². The summed E-state index contributed by atoms with van der Waals surface area (Å²) in [6.45, 7) is 8.87. The lowest BCUT2D eigenvalue weighted by Gasteiger charge is -2.37. The van der Waals surface area contributed by atoms with Gasteiger partial charge in [0.05, 0.1) is 5.52 Å². The van der Waals surface area contributed by atoms with Crippen LogP contribution in [0.15, 0.2) is 36.5 Å². The van der Waals surface area contributed by atoms with Crippen molar-refractivity contribution >= 4 is 22.8 Å². The summed E-state index contributed by atoms with van der Waals surface area (Å²) in [6.07, 6.45) is 1.53. The number of carboxylic acid groups (broad SMARTS) is 2. The van der Waals surface area contributed by atoms with E-state index in [1.807, 2.05) is 11.8 Å². The maximum absolute atomic E-state index is 13.7. The lowest BCUT2D eigenvalue weighted by atomic mass is 10.0. The van der Waals surface area contributed by atoms with E-state index in [-0.39, 0.29) is 6.54 Å². The fourth-order valence-corrected chi connectivity index (χ4v) is 3.84. The maximum atomic E-state index is 13.7. The molecule has 1 atom stereocenters. The van der Waals surface area contributed by atoms with Gasteiger partial charge in [0, 0.05) is 49.9 Å². The standard InChI is InChI=1S/C20H24FN3O4/c1-13(2)10-22-5-7-23(8-6-22)19(20(27)28)16-11-24(12-18(25)26)17-9-14(21)3-4-15(16)17/h3-4,9,11,19H,1,5-8,10,12H2,2H3,(H,25,26)(H,27,28)/t19-/m0/s1. The molecule has 7 nitrogen and oxygen atoms in total. The Bertz CT molecular complexity index is 916. The number of aliphatic carboxylic acids is 2. The van der Waals surface area contributed by atoms with Crippen molar-refractivity contribution in [2.45, 2.75) is 19.5 Å². The number of fused-ring (bicyclic) bond motifs is 1. The second-order valence-electron chi connectivity index (χ2n) is 7.28. The molecule has 0 amide bonds. The van der Waals surface area contributed by atoms with Crippen LogP contribution in [0.5, 0.6) is 0 Å². The van der Waals surface area contributed by atoms with Crippen LogP contribution in [0.4, 0.5) is 4.39 Å². The number of hydrogen-bond acceptors (Lipinski definition) is 4. The number of rotatable bonds is 7. The minimum Gasteiger partial charge on any atom is -0.480 e. The van der Waals surface area contributed by atoms with Gasteiger partial charge in [0.1, 0.15) is 18.4 Å². The minimum atomic E-state index is -1.08. The summed E-state index contributed by atoms with van der Waals surface area (Å²) >= 11 is 0. The third-order valence-corrected chi connectivity index (χ3v) is 4.97. The molecular formula is C20H24FN3O4. The fourth-order valence-electron chi connectivity index (χ4n) is 3.84. The molecule has 2 N–H and O–H groups in total. The monoisotopic (exact) mass is 389 g/mol. The van der Waals surface area contributed by atoms with Gasteiger partial charge in [-0.25, -0.2) is 4.39 Å². The second kappa shape index (κ2) is 8.12. The lowest BCUT2D eigenvalue weighted by molar-refractivity contribution is -0.144. The Labute approximate surface area is 162 Å². The molecule has 0 radical (unpaired) electrons. The quantitative estimate of drug-likeness (QED) is 0.706. The first-order chi connectivity index (χ1) is 13.3. The Kier molecular flexibility index (Phi) is 5.81. The highest BCUT2D eigenvalue weighted by atomic mass is 19.1. The topological polar surface area (TPSA) is 86.0 Å². The third-order valence-electron chi connectivity index (χ3n) is 4.97. The maximum Gasteiger partial charge on any atom is 0.325 e. The molecule has 8 heteroatoms. The summed E-state index contributed by atoms with van der Waals surface area (Å²) in [5, 5.41) is 19.6. The first-order valence-corrected chi connectivity index (χ1v) is 9.10. The first kappa shape index (κ1) is 20.0. The molecule has 1 aromatic heterocycles. The highest BCUT2D eigenvalue weighted by Crippen LogP contribution is 2.32. The number of piperazine rings is 1. The van der Waals surface area contributed by atoms with Gasteiger partial charge in [-0.2, -0.15) is 0 Å². The van der Waals surface area contributed by atoms with Crippen LogP contribution in [0.1, 0.15) is 18.5 Å². The molecule has 28 heavy (non-hydrogen) atoms. The number of hydrogen-bond donors (Lipinski definition) is 2. The summed E-state index contributed by atoms with van der Waals surface area (Å²) < 4.78 is 15.1. The van der Waals surface area contributed by atoms with E-state index in [2.05, 4.69) is 11.5 Å². The second-order valence-corrected chi connectivity index (χ2v) is 7.28. The van der Waals surface area contributed by atoms with E-state index in [0.29, 0.717) is 29.6 Å². The van der Waals surface area contributed by atoms with Gasteiger partial charge in [0.25, 0.3) is 0 Å². The summed E-state index contributed by atoms with van der Waals surface area (Å²) in [4.78, 5) is 27.4. The van der Waals surface area contributed by atoms with Crippen molar-refractivity contribution in [3.8, 4) is 0 Å². The van der Waals surface area contributed by atoms with Gasteiger partial charge >= 0.3 is 11.9 Å². The molecule has 0 unspecified atom stereocenters. The van der Waals surface area contributed by atoms with E-state index in [0.717, 1.165) is 25.2 Å². The van der Waals surface area contributed by atoms with Crippen LogP contribution in [-0.2, 0) is 16.1 Å². The number of carbonyl (C=O) groups is 2. The summed E-state index contributed by atoms with van der Waals surface area (Å²) in [7, 11) is 0. The molecule has 2 aromatic rings. The van der Waals surface area contributed by atoms with Crippen molar-refractivity contribution in [2.75, 3.05) is 32.7 Å².